The lowest BCUT2D eigenvalue weighted by Gasteiger charge is -2.13. The molecule has 6 heteroatoms. The van der Waals surface area contributed by atoms with E-state index in [1.807, 2.05) is 25.1 Å². The van der Waals surface area contributed by atoms with Crippen LogP contribution in [0.15, 0.2) is 23.2 Å². The smallest absolute Gasteiger partial charge is 0.189 e. The summed E-state index contributed by atoms with van der Waals surface area (Å²) in [6, 6.07) is 5.90. The van der Waals surface area contributed by atoms with Gasteiger partial charge in [-0.1, -0.05) is 13.0 Å². The quantitative estimate of drug-likeness (QED) is 0.538. The van der Waals surface area contributed by atoms with Crippen LogP contribution in [0.1, 0.15) is 25.8 Å². The normalized spacial score (nSPS) is 12.8. The monoisotopic (exact) mass is 309 g/mol. The van der Waals surface area contributed by atoms with Crippen molar-refractivity contribution < 1.29 is 14.2 Å². The lowest BCUT2D eigenvalue weighted by Crippen LogP contribution is -2.40. The third kappa shape index (κ3) is 6.22. The minimum atomic E-state index is 0.119. The van der Waals surface area contributed by atoms with E-state index in [2.05, 4.69) is 17.2 Å². The molecule has 0 radical (unpaired) electrons. The van der Waals surface area contributed by atoms with Crippen LogP contribution >= 0.6 is 0 Å². The van der Waals surface area contributed by atoms with Crippen molar-refractivity contribution in [3.05, 3.63) is 23.8 Å². The summed E-state index contributed by atoms with van der Waals surface area (Å²) in [4.78, 5) is 4.32. The molecule has 0 saturated heterocycles. The summed E-state index contributed by atoms with van der Waals surface area (Å²) in [7, 11) is 3.28. The van der Waals surface area contributed by atoms with Crippen LogP contribution in [0.5, 0.6) is 11.5 Å². The molecule has 6 nitrogen and oxygen atoms in total. The number of methoxy groups -OCH3 is 2. The number of hydrogen-bond acceptors (Lipinski definition) is 4. The molecule has 0 fully saturated rings. The highest BCUT2D eigenvalue weighted by molar-refractivity contribution is 5.78. The van der Waals surface area contributed by atoms with Gasteiger partial charge in [0.1, 0.15) is 0 Å². The van der Waals surface area contributed by atoms with Gasteiger partial charge in [-0.05, 0) is 31.0 Å². The molecule has 0 saturated carbocycles. The van der Waals surface area contributed by atoms with Gasteiger partial charge in [0.25, 0.3) is 0 Å². The lowest BCUT2D eigenvalue weighted by atomic mass is 10.2. The van der Waals surface area contributed by atoms with Crippen molar-refractivity contribution in [3.63, 3.8) is 0 Å². The van der Waals surface area contributed by atoms with Gasteiger partial charge >= 0.3 is 0 Å². The van der Waals surface area contributed by atoms with E-state index in [1.165, 1.54) is 0 Å². The highest BCUT2D eigenvalue weighted by Crippen LogP contribution is 2.28. The number of guanidine groups is 1. The molecule has 1 rings (SSSR count). The number of rotatable bonds is 9. The van der Waals surface area contributed by atoms with E-state index in [4.69, 9.17) is 19.9 Å². The van der Waals surface area contributed by atoms with E-state index >= 15 is 0 Å². The van der Waals surface area contributed by atoms with Gasteiger partial charge in [0, 0.05) is 13.2 Å². The molecule has 0 aromatic heterocycles. The Hall–Kier alpha value is -1.95. The average Bonchev–Trinajstić information content (AvgIpc) is 2.51. The van der Waals surface area contributed by atoms with Gasteiger partial charge in [-0.2, -0.15) is 0 Å². The topological polar surface area (TPSA) is 78.1 Å². The number of hydrogen-bond donors (Lipinski definition) is 2. The summed E-state index contributed by atoms with van der Waals surface area (Å²) in [5.74, 6) is 1.85. The van der Waals surface area contributed by atoms with Gasteiger partial charge in [-0.25, -0.2) is 4.99 Å². The standard InChI is InChI=1S/C16H27N3O3/c1-5-8-22-14-7-6-13(9-15(14)21-4)10-18-16(17)19-12(2)11-20-3/h6-7,9,12H,5,8,10-11H2,1-4H3,(H3,17,18,19). The van der Waals surface area contributed by atoms with Gasteiger partial charge in [0.2, 0.25) is 0 Å². The minimum Gasteiger partial charge on any atom is -0.493 e. The largest absolute Gasteiger partial charge is 0.493 e. The van der Waals surface area contributed by atoms with Gasteiger partial charge in [-0.15, -0.1) is 0 Å². The molecule has 124 valence electrons. The highest BCUT2D eigenvalue weighted by atomic mass is 16.5. The predicted octanol–water partition coefficient (Wildman–Crippen LogP) is 1.92. The lowest BCUT2D eigenvalue weighted by molar-refractivity contribution is 0.179. The maximum atomic E-state index is 5.85. The zero-order valence-corrected chi connectivity index (χ0v) is 13.9. The Morgan fingerprint density at radius 3 is 2.73 bits per heavy atom. The summed E-state index contributed by atoms with van der Waals surface area (Å²) in [5.41, 5.74) is 6.85. The van der Waals surface area contributed by atoms with Crippen LogP contribution in [-0.2, 0) is 11.3 Å². The third-order valence-corrected chi connectivity index (χ3v) is 2.93. The van der Waals surface area contributed by atoms with Crippen molar-refractivity contribution in [2.24, 2.45) is 10.7 Å². The van der Waals surface area contributed by atoms with E-state index in [0.29, 0.717) is 31.5 Å². The number of nitrogens with one attached hydrogen (secondary N) is 1. The molecule has 1 aromatic rings. The van der Waals surface area contributed by atoms with E-state index in [0.717, 1.165) is 17.7 Å². The fourth-order valence-corrected chi connectivity index (χ4v) is 1.91. The molecule has 1 unspecified atom stereocenters. The van der Waals surface area contributed by atoms with Crippen molar-refractivity contribution in [2.45, 2.75) is 32.9 Å². The Morgan fingerprint density at radius 2 is 2.09 bits per heavy atom. The SMILES string of the molecule is CCCOc1ccc(CN=C(N)NC(C)COC)cc1OC. The number of aliphatic imine (C=N–C) groups is 1. The first-order valence-electron chi connectivity index (χ1n) is 7.45. The minimum absolute atomic E-state index is 0.119. The Balaban J connectivity index is 2.65. The molecule has 0 amide bonds. The fraction of sp³-hybridized carbons (Fsp3) is 0.562. The second-order valence-corrected chi connectivity index (χ2v) is 5.04. The van der Waals surface area contributed by atoms with Crippen LogP contribution in [0, 0.1) is 0 Å². The summed E-state index contributed by atoms with van der Waals surface area (Å²) in [5, 5.41) is 3.07. The molecular formula is C16H27N3O3. The molecule has 0 spiro atoms. The van der Waals surface area contributed by atoms with Crippen LogP contribution in [0.3, 0.4) is 0 Å². The zero-order valence-electron chi connectivity index (χ0n) is 13.9. The van der Waals surface area contributed by atoms with Gasteiger partial charge in [0.15, 0.2) is 17.5 Å². The Bertz CT molecular complexity index is 478. The summed E-state index contributed by atoms with van der Waals surface area (Å²) in [6.07, 6.45) is 0.955. The summed E-state index contributed by atoms with van der Waals surface area (Å²) in [6.45, 7) is 5.77. The number of benzene rings is 1. The zero-order chi connectivity index (χ0) is 16.4. The molecule has 0 aliphatic heterocycles. The second-order valence-electron chi connectivity index (χ2n) is 5.04. The molecule has 22 heavy (non-hydrogen) atoms. The molecule has 0 aliphatic carbocycles. The molecule has 3 N–H and O–H groups in total. The molecule has 1 atom stereocenters. The van der Waals surface area contributed by atoms with Crippen LogP contribution in [0.2, 0.25) is 0 Å². The Labute approximate surface area is 132 Å². The maximum absolute atomic E-state index is 5.85. The fourth-order valence-electron chi connectivity index (χ4n) is 1.91. The van der Waals surface area contributed by atoms with Crippen LogP contribution < -0.4 is 20.5 Å². The van der Waals surface area contributed by atoms with Crippen molar-refractivity contribution in [3.8, 4) is 11.5 Å². The van der Waals surface area contributed by atoms with Gasteiger partial charge in [-0.3, -0.25) is 0 Å². The molecule has 0 aliphatic rings. The number of nitrogens with zero attached hydrogens (tertiary/aromatic N) is 1. The molecule has 0 heterocycles. The van der Waals surface area contributed by atoms with E-state index in [9.17, 15) is 0 Å². The predicted molar refractivity (Wildman–Crippen MR) is 88.6 cm³/mol. The Morgan fingerprint density at radius 1 is 1.32 bits per heavy atom. The third-order valence-electron chi connectivity index (χ3n) is 2.93. The van der Waals surface area contributed by atoms with Crippen molar-refractivity contribution in [2.75, 3.05) is 27.4 Å². The van der Waals surface area contributed by atoms with Crippen LogP contribution in [0.25, 0.3) is 0 Å². The van der Waals surface area contributed by atoms with E-state index in [-0.39, 0.29) is 6.04 Å². The maximum Gasteiger partial charge on any atom is 0.189 e. The first-order chi connectivity index (χ1) is 10.6. The Kier molecular flexibility index (Phi) is 8.14. The molecule has 0 bridgehead atoms. The average molecular weight is 309 g/mol. The highest BCUT2D eigenvalue weighted by Gasteiger charge is 2.06. The van der Waals surface area contributed by atoms with Crippen molar-refractivity contribution in [1.29, 1.82) is 0 Å². The summed E-state index contributed by atoms with van der Waals surface area (Å²) < 4.78 is 16.0. The van der Waals surface area contributed by atoms with Crippen molar-refractivity contribution in [1.82, 2.24) is 5.32 Å². The summed E-state index contributed by atoms with van der Waals surface area (Å²) >= 11 is 0. The van der Waals surface area contributed by atoms with Crippen molar-refractivity contribution >= 4 is 5.96 Å². The van der Waals surface area contributed by atoms with Crippen LogP contribution in [-0.4, -0.2) is 39.4 Å². The number of nitrogens with two attached hydrogens (primary N) is 1. The van der Waals surface area contributed by atoms with Gasteiger partial charge < -0.3 is 25.3 Å². The second kappa shape index (κ2) is 9.89. The first kappa shape index (κ1) is 18.1. The first-order valence-corrected chi connectivity index (χ1v) is 7.45. The number of ether oxygens (including phenoxy) is 3. The molecular weight excluding hydrogens is 282 g/mol. The van der Waals surface area contributed by atoms with E-state index < -0.39 is 0 Å². The van der Waals surface area contributed by atoms with Gasteiger partial charge in [0.05, 0.1) is 26.9 Å². The molecule has 1 aromatic carbocycles. The van der Waals surface area contributed by atoms with E-state index in [1.54, 1.807) is 14.2 Å². The van der Waals surface area contributed by atoms with Crippen LogP contribution in [0.4, 0.5) is 0 Å².